The van der Waals surface area contributed by atoms with Crippen molar-refractivity contribution in [1.82, 2.24) is 15.1 Å². The second-order valence-electron chi connectivity index (χ2n) is 5.04. The molecule has 1 atom stereocenters. The van der Waals surface area contributed by atoms with E-state index >= 15 is 0 Å². The Labute approximate surface area is 107 Å². The Morgan fingerprint density at radius 3 is 3.06 bits per heavy atom. The van der Waals surface area contributed by atoms with Gasteiger partial charge in [-0.1, -0.05) is 5.10 Å². The van der Waals surface area contributed by atoms with E-state index in [2.05, 4.69) is 20.0 Å². The van der Waals surface area contributed by atoms with Crippen LogP contribution in [0.4, 0.5) is 6.01 Å². The molecular weight excluding hydrogens is 232 g/mol. The van der Waals surface area contributed by atoms with E-state index in [4.69, 9.17) is 9.15 Å². The van der Waals surface area contributed by atoms with Crippen molar-refractivity contribution in [2.45, 2.75) is 31.9 Å². The largest absolute Gasteiger partial charge is 0.405 e. The fourth-order valence-electron chi connectivity index (χ4n) is 2.93. The SMILES string of the molecule is COCc1nnc(N2CCCN3CCC[C@H]3C2)o1. The van der Waals surface area contributed by atoms with E-state index in [0.29, 0.717) is 24.6 Å². The molecule has 2 aliphatic heterocycles. The number of ether oxygens (including phenoxy) is 1. The molecule has 2 aliphatic rings. The minimum absolute atomic E-state index is 0.385. The number of nitrogens with zero attached hydrogens (tertiary/aromatic N) is 4. The lowest BCUT2D eigenvalue weighted by molar-refractivity contribution is 0.160. The Morgan fingerprint density at radius 1 is 1.28 bits per heavy atom. The second-order valence-corrected chi connectivity index (χ2v) is 5.04. The monoisotopic (exact) mass is 252 g/mol. The van der Waals surface area contributed by atoms with Crippen molar-refractivity contribution in [3.05, 3.63) is 5.89 Å². The average molecular weight is 252 g/mol. The maximum absolute atomic E-state index is 5.63. The van der Waals surface area contributed by atoms with Gasteiger partial charge >= 0.3 is 6.01 Å². The highest BCUT2D eigenvalue weighted by molar-refractivity contribution is 5.25. The van der Waals surface area contributed by atoms with Gasteiger partial charge in [-0.15, -0.1) is 5.10 Å². The molecule has 0 spiro atoms. The summed E-state index contributed by atoms with van der Waals surface area (Å²) < 4.78 is 10.6. The molecule has 2 saturated heterocycles. The van der Waals surface area contributed by atoms with Gasteiger partial charge in [-0.3, -0.25) is 4.90 Å². The summed E-state index contributed by atoms with van der Waals surface area (Å²) in [5.74, 6) is 0.556. The van der Waals surface area contributed by atoms with E-state index in [1.165, 1.54) is 32.4 Å². The van der Waals surface area contributed by atoms with Crippen LogP contribution in [0, 0.1) is 0 Å². The zero-order valence-corrected chi connectivity index (χ0v) is 10.8. The van der Waals surface area contributed by atoms with E-state index in [0.717, 1.165) is 13.1 Å². The standard InChI is InChI=1S/C12H20N4O2/c1-17-9-11-13-14-12(18-11)16-7-3-6-15-5-2-4-10(15)8-16/h10H,2-9H2,1H3/t10-/m0/s1. The molecule has 0 N–H and O–H groups in total. The molecule has 18 heavy (non-hydrogen) atoms. The van der Waals surface area contributed by atoms with Gasteiger partial charge in [0.15, 0.2) is 0 Å². The molecule has 1 aromatic rings. The highest BCUT2D eigenvalue weighted by Gasteiger charge is 2.30. The zero-order chi connectivity index (χ0) is 12.4. The van der Waals surface area contributed by atoms with Crippen LogP contribution < -0.4 is 4.90 Å². The maximum Gasteiger partial charge on any atom is 0.318 e. The third-order valence-electron chi connectivity index (χ3n) is 3.80. The quantitative estimate of drug-likeness (QED) is 0.796. The van der Waals surface area contributed by atoms with Gasteiger partial charge in [0.25, 0.3) is 0 Å². The summed E-state index contributed by atoms with van der Waals surface area (Å²) in [5.41, 5.74) is 0. The molecule has 1 aromatic heterocycles. The van der Waals surface area contributed by atoms with Crippen LogP contribution in [0.5, 0.6) is 0 Å². The number of hydrogen-bond donors (Lipinski definition) is 0. The van der Waals surface area contributed by atoms with Crippen molar-refractivity contribution < 1.29 is 9.15 Å². The molecular formula is C12H20N4O2. The van der Waals surface area contributed by atoms with Crippen molar-refractivity contribution in [3.8, 4) is 0 Å². The molecule has 6 nitrogen and oxygen atoms in total. The van der Waals surface area contributed by atoms with Crippen LogP contribution in [0.25, 0.3) is 0 Å². The van der Waals surface area contributed by atoms with Gasteiger partial charge in [0.05, 0.1) is 0 Å². The normalized spacial score (nSPS) is 25.2. The molecule has 0 amide bonds. The van der Waals surface area contributed by atoms with Crippen LogP contribution in [0.1, 0.15) is 25.2 Å². The molecule has 6 heteroatoms. The van der Waals surface area contributed by atoms with Gasteiger partial charge in [0.2, 0.25) is 5.89 Å². The van der Waals surface area contributed by atoms with Gasteiger partial charge in [0.1, 0.15) is 6.61 Å². The first-order chi connectivity index (χ1) is 8.86. The Morgan fingerprint density at radius 2 is 2.17 bits per heavy atom. The predicted octanol–water partition coefficient (Wildman–Crippen LogP) is 0.890. The highest BCUT2D eigenvalue weighted by Crippen LogP contribution is 2.24. The summed E-state index contributed by atoms with van der Waals surface area (Å²) in [6.07, 6.45) is 3.77. The summed E-state index contributed by atoms with van der Waals surface area (Å²) in [7, 11) is 1.63. The first-order valence-electron chi connectivity index (χ1n) is 6.67. The van der Waals surface area contributed by atoms with Crippen molar-refractivity contribution in [2.75, 3.05) is 38.2 Å². The zero-order valence-electron chi connectivity index (χ0n) is 10.8. The van der Waals surface area contributed by atoms with Crippen LogP contribution >= 0.6 is 0 Å². The highest BCUT2D eigenvalue weighted by atomic mass is 16.5. The number of aromatic nitrogens is 2. The number of anilines is 1. The molecule has 0 radical (unpaired) electrons. The third-order valence-corrected chi connectivity index (χ3v) is 3.80. The fraction of sp³-hybridized carbons (Fsp3) is 0.833. The molecule has 100 valence electrons. The van der Waals surface area contributed by atoms with Crippen LogP contribution in [-0.4, -0.2) is 54.4 Å². The first-order valence-corrected chi connectivity index (χ1v) is 6.67. The molecule has 0 unspecified atom stereocenters. The van der Waals surface area contributed by atoms with Crippen LogP contribution in [0.3, 0.4) is 0 Å². The fourth-order valence-corrected chi connectivity index (χ4v) is 2.93. The number of fused-ring (bicyclic) bond motifs is 1. The summed E-state index contributed by atoms with van der Waals surface area (Å²) in [6.45, 7) is 4.84. The van der Waals surface area contributed by atoms with E-state index < -0.39 is 0 Å². The predicted molar refractivity (Wildman–Crippen MR) is 66.4 cm³/mol. The van der Waals surface area contributed by atoms with Gasteiger partial charge in [-0.2, -0.15) is 0 Å². The number of methoxy groups -OCH3 is 1. The Hall–Kier alpha value is -1.14. The van der Waals surface area contributed by atoms with Crippen LogP contribution in [0.15, 0.2) is 4.42 Å². The molecule has 0 bridgehead atoms. The molecule has 0 aromatic carbocycles. The van der Waals surface area contributed by atoms with Gasteiger partial charge in [-0.05, 0) is 25.8 Å². The summed E-state index contributed by atoms with van der Waals surface area (Å²) in [4.78, 5) is 4.81. The average Bonchev–Trinajstić information content (AvgIpc) is 2.95. The van der Waals surface area contributed by atoms with Crippen LogP contribution in [-0.2, 0) is 11.3 Å². The summed E-state index contributed by atoms with van der Waals surface area (Å²) >= 11 is 0. The minimum atomic E-state index is 0.385. The topological polar surface area (TPSA) is 54.6 Å². The Kier molecular flexibility index (Phi) is 3.47. The lowest BCUT2D eigenvalue weighted by Gasteiger charge is -2.24. The first kappa shape index (κ1) is 11.9. The lowest BCUT2D eigenvalue weighted by atomic mass is 10.2. The molecule has 3 rings (SSSR count). The molecule has 3 heterocycles. The van der Waals surface area contributed by atoms with E-state index in [9.17, 15) is 0 Å². The third kappa shape index (κ3) is 2.35. The number of hydrogen-bond acceptors (Lipinski definition) is 6. The van der Waals surface area contributed by atoms with Gasteiger partial charge in [-0.25, -0.2) is 0 Å². The van der Waals surface area contributed by atoms with Crippen molar-refractivity contribution in [3.63, 3.8) is 0 Å². The Bertz CT molecular complexity index is 395. The van der Waals surface area contributed by atoms with Crippen molar-refractivity contribution in [1.29, 1.82) is 0 Å². The minimum Gasteiger partial charge on any atom is -0.405 e. The van der Waals surface area contributed by atoms with E-state index in [1.54, 1.807) is 7.11 Å². The van der Waals surface area contributed by atoms with Crippen LogP contribution in [0.2, 0.25) is 0 Å². The Balaban J connectivity index is 1.70. The van der Waals surface area contributed by atoms with Crippen molar-refractivity contribution >= 4 is 6.01 Å². The van der Waals surface area contributed by atoms with E-state index in [1.807, 2.05) is 0 Å². The second kappa shape index (κ2) is 5.24. The van der Waals surface area contributed by atoms with Gasteiger partial charge in [0, 0.05) is 32.8 Å². The van der Waals surface area contributed by atoms with E-state index in [-0.39, 0.29) is 0 Å². The smallest absolute Gasteiger partial charge is 0.318 e. The molecule has 0 saturated carbocycles. The molecule has 2 fully saturated rings. The summed E-state index contributed by atoms with van der Waals surface area (Å²) in [5, 5.41) is 8.13. The lowest BCUT2D eigenvalue weighted by Crippen LogP contribution is -2.36. The number of rotatable bonds is 3. The summed E-state index contributed by atoms with van der Waals surface area (Å²) in [6, 6.07) is 1.31. The van der Waals surface area contributed by atoms with Crippen molar-refractivity contribution in [2.24, 2.45) is 0 Å². The van der Waals surface area contributed by atoms with Gasteiger partial charge < -0.3 is 14.1 Å². The maximum atomic E-state index is 5.63. The molecule has 0 aliphatic carbocycles.